The number of aromatic nitrogens is 3. The van der Waals surface area contributed by atoms with Gasteiger partial charge >= 0.3 is 5.97 Å². The van der Waals surface area contributed by atoms with Crippen LogP contribution >= 0.6 is 0 Å². The molecular formula is C21H22N4O3. The Morgan fingerprint density at radius 1 is 1.21 bits per heavy atom. The molecule has 0 spiro atoms. The topological polar surface area (TPSA) is 88.3 Å². The van der Waals surface area contributed by atoms with Crippen molar-refractivity contribution in [1.29, 1.82) is 0 Å². The van der Waals surface area contributed by atoms with Gasteiger partial charge in [0.25, 0.3) is 5.91 Å². The fourth-order valence-corrected chi connectivity index (χ4v) is 3.81. The van der Waals surface area contributed by atoms with Crippen molar-refractivity contribution in [1.82, 2.24) is 19.7 Å². The van der Waals surface area contributed by atoms with Crippen LogP contribution < -0.4 is 0 Å². The van der Waals surface area contributed by atoms with Crippen molar-refractivity contribution in [3.05, 3.63) is 58.9 Å². The maximum absolute atomic E-state index is 13.5. The number of hydrogen-bond acceptors (Lipinski definition) is 4. The Bertz CT molecular complexity index is 1090. The van der Waals surface area contributed by atoms with Crippen molar-refractivity contribution >= 4 is 22.9 Å². The van der Waals surface area contributed by atoms with Gasteiger partial charge in [0.05, 0.1) is 17.1 Å². The number of carboxylic acid groups (broad SMARTS) is 1. The van der Waals surface area contributed by atoms with E-state index >= 15 is 0 Å². The van der Waals surface area contributed by atoms with E-state index in [1.165, 1.54) is 4.90 Å². The zero-order valence-electron chi connectivity index (χ0n) is 16.1. The number of aliphatic carboxylic acids is 1. The molecule has 0 saturated carbocycles. The first kappa shape index (κ1) is 18.2. The van der Waals surface area contributed by atoms with E-state index < -0.39 is 12.0 Å². The number of carboxylic acids is 1. The van der Waals surface area contributed by atoms with Gasteiger partial charge in [-0.05, 0) is 38.0 Å². The van der Waals surface area contributed by atoms with E-state index in [9.17, 15) is 14.7 Å². The molecule has 1 aliphatic rings. The molecule has 1 atom stereocenters. The molecule has 0 fully saturated rings. The minimum atomic E-state index is -0.997. The van der Waals surface area contributed by atoms with Gasteiger partial charge in [-0.25, -0.2) is 14.5 Å². The van der Waals surface area contributed by atoms with Crippen molar-refractivity contribution < 1.29 is 14.7 Å². The second kappa shape index (κ2) is 6.74. The molecule has 0 radical (unpaired) electrons. The highest BCUT2D eigenvalue weighted by Crippen LogP contribution is 2.28. The smallest absolute Gasteiger partial charge is 0.326 e. The Kier molecular flexibility index (Phi) is 4.37. The van der Waals surface area contributed by atoms with E-state index in [0.29, 0.717) is 28.7 Å². The second-order valence-corrected chi connectivity index (χ2v) is 7.49. The SMILES string of the molecule is Cc1cc(C(=O)N2Cc3ccccc3CC2C(=O)O)c2cnn(C(C)C)c2n1. The Hall–Kier alpha value is -3.22. The first-order valence-corrected chi connectivity index (χ1v) is 9.32. The standard InChI is InChI=1S/C21H22N4O3/c1-12(2)25-19-17(10-22-25)16(8-13(3)23-19)20(26)24-11-15-7-5-4-6-14(15)9-18(24)21(27)28/h4-8,10,12,18H,9,11H2,1-3H3,(H,27,28). The highest BCUT2D eigenvalue weighted by molar-refractivity contribution is 6.06. The average molecular weight is 378 g/mol. The lowest BCUT2D eigenvalue weighted by Crippen LogP contribution is -2.48. The number of aryl methyl sites for hydroxylation is 1. The van der Waals surface area contributed by atoms with Crippen LogP contribution in [0.25, 0.3) is 11.0 Å². The lowest BCUT2D eigenvalue weighted by atomic mass is 9.93. The van der Waals surface area contributed by atoms with Crippen LogP contribution in [0.3, 0.4) is 0 Å². The van der Waals surface area contributed by atoms with E-state index in [-0.39, 0.29) is 18.5 Å². The minimum absolute atomic E-state index is 0.100. The molecule has 0 bridgehead atoms. The fourth-order valence-electron chi connectivity index (χ4n) is 3.81. The molecule has 1 aromatic carbocycles. The molecule has 28 heavy (non-hydrogen) atoms. The normalized spacial score (nSPS) is 16.4. The Labute approximate surface area is 162 Å². The predicted molar refractivity (Wildman–Crippen MR) is 104 cm³/mol. The van der Waals surface area contributed by atoms with Crippen molar-refractivity contribution in [3.8, 4) is 0 Å². The van der Waals surface area contributed by atoms with Crippen molar-refractivity contribution in [2.75, 3.05) is 0 Å². The Morgan fingerprint density at radius 3 is 2.61 bits per heavy atom. The van der Waals surface area contributed by atoms with Crippen LogP contribution in [0.1, 0.15) is 47.1 Å². The number of pyridine rings is 1. The van der Waals surface area contributed by atoms with Crippen LogP contribution in [0, 0.1) is 6.92 Å². The van der Waals surface area contributed by atoms with E-state index in [2.05, 4.69) is 10.1 Å². The van der Waals surface area contributed by atoms with E-state index in [1.807, 2.05) is 45.0 Å². The van der Waals surface area contributed by atoms with Crippen molar-refractivity contribution in [2.24, 2.45) is 0 Å². The van der Waals surface area contributed by atoms with Crippen LogP contribution in [0.5, 0.6) is 0 Å². The lowest BCUT2D eigenvalue weighted by Gasteiger charge is -2.34. The largest absolute Gasteiger partial charge is 0.480 e. The van der Waals surface area contributed by atoms with Gasteiger partial charge < -0.3 is 10.0 Å². The molecule has 4 rings (SSSR count). The first-order valence-electron chi connectivity index (χ1n) is 9.32. The highest BCUT2D eigenvalue weighted by atomic mass is 16.4. The molecule has 2 aromatic heterocycles. The summed E-state index contributed by atoms with van der Waals surface area (Å²) in [5.41, 5.74) is 3.74. The third-order valence-electron chi connectivity index (χ3n) is 5.21. The minimum Gasteiger partial charge on any atom is -0.480 e. The van der Waals surface area contributed by atoms with Crippen molar-refractivity contribution in [3.63, 3.8) is 0 Å². The number of rotatable bonds is 3. The fraction of sp³-hybridized carbons (Fsp3) is 0.333. The average Bonchev–Trinajstić information content (AvgIpc) is 3.09. The maximum Gasteiger partial charge on any atom is 0.326 e. The first-order chi connectivity index (χ1) is 13.4. The summed E-state index contributed by atoms with van der Waals surface area (Å²) in [6, 6.07) is 8.59. The van der Waals surface area contributed by atoms with Gasteiger partial charge in [0.2, 0.25) is 0 Å². The number of benzene rings is 1. The van der Waals surface area contributed by atoms with Crippen LogP contribution in [0.2, 0.25) is 0 Å². The molecule has 144 valence electrons. The molecule has 0 saturated heterocycles. The van der Waals surface area contributed by atoms with Crippen LogP contribution in [0.15, 0.2) is 36.5 Å². The van der Waals surface area contributed by atoms with Gasteiger partial charge in [0.1, 0.15) is 6.04 Å². The van der Waals surface area contributed by atoms with Gasteiger partial charge in [0.15, 0.2) is 5.65 Å². The Morgan fingerprint density at radius 2 is 1.93 bits per heavy atom. The molecule has 1 amide bonds. The number of carbonyl (C=O) groups is 2. The van der Waals surface area contributed by atoms with Crippen molar-refractivity contribution in [2.45, 2.75) is 45.8 Å². The summed E-state index contributed by atoms with van der Waals surface area (Å²) in [5, 5.41) is 14.8. The summed E-state index contributed by atoms with van der Waals surface area (Å²) in [4.78, 5) is 31.4. The van der Waals surface area contributed by atoms with E-state index in [4.69, 9.17) is 0 Å². The zero-order valence-corrected chi connectivity index (χ0v) is 16.1. The lowest BCUT2D eigenvalue weighted by molar-refractivity contribution is -0.142. The van der Waals surface area contributed by atoms with Gasteiger partial charge in [-0.1, -0.05) is 24.3 Å². The van der Waals surface area contributed by atoms with Crippen LogP contribution in [-0.4, -0.2) is 42.7 Å². The highest BCUT2D eigenvalue weighted by Gasteiger charge is 2.35. The number of carbonyl (C=O) groups excluding carboxylic acids is 1. The predicted octanol–water partition coefficient (Wildman–Crippen LogP) is 2.97. The summed E-state index contributed by atoms with van der Waals surface area (Å²) >= 11 is 0. The van der Waals surface area contributed by atoms with E-state index in [1.54, 1.807) is 16.9 Å². The van der Waals surface area contributed by atoms with Gasteiger partial charge in [0, 0.05) is 24.7 Å². The maximum atomic E-state index is 13.5. The van der Waals surface area contributed by atoms with Gasteiger partial charge in [-0.3, -0.25) is 4.79 Å². The molecule has 1 N–H and O–H groups in total. The summed E-state index contributed by atoms with van der Waals surface area (Å²) < 4.78 is 1.78. The molecule has 7 heteroatoms. The van der Waals surface area contributed by atoms with Gasteiger partial charge in [-0.15, -0.1) is 0 Å². The number of fused-ring (bicyclic) bond motifs is 2. The van der Waals surface area contributed by atoms with Crippen LogP contribution in [0.4, 0.5) is 0 Å². The third-order valence-corrected chi connectivity index (χ3v) is 5.21. The molecule has 1 aliphatic heterocycles. The summed E-state index contributed by atoms with van der Waals surface area (Å²) in [7, 11) is 0. The quantitative estimate of drug-likeness (QED) is 0.757. The zero-order chi connectivity index (χ0) is 20.0. The number of hydrogen-bond donors (Lipinski definition) is 1. The molecule has 1 unspecified atom stereocenters. The number of nitrogens with zero attached hydrogens (tertiary/aromatic N) is 4. The van der Waals surface area contributed by atoms with E-state index in [0.717, 1.165) is 11.1 Å². The molecule has 0 aliphatic carbocycles. The summed E-state index contributed by atoms with van der Waals surface area (Å²) in [5.74, 6) is -1.30. The molecule has 3 heterocycles. The van der Waals surface area contributed by atoms with Crippen LogP contribution in [-0.2, 0) is 17.8 Å². The Balaban J connectivity index is 1.81. The second-order valence-electron chi connectivity index (χ2n) is 7.49. The number of amides is 1. The summed E-state index contributed by atoms with van der Waals surface area (Å²) in [6.07, 6.45) is 1.94. The monoisotopic (exact) mass is 378 g/mol. The molecular weight excluding hydrogens is 356 g/mol. The third kappa shape index (κ3) is 2.93. The van der Waals surface area contributed by atoms with Gasteiger partial charge in [-0.2, -0.15) is 5.10 Å². The summed E-state index contributed by atoms with van der Waals surface area (Å²) in [6.45, 7) is 6.10. The molecule has 7 nitrogen and oxygen atoms in total. The molecule has 3 aromatic rings.